The van der Waals surface area contributed by atoms with Crippen LogP contribution in [0.2, 0.25) is 0 Å². The minimum absolute atomic E-state index is 0.230. The normalized spacial score (nSPS) is 21.0. The third-order valence-electron chi connectivity index (χ3n) is 2.99. The van der Waals surface area contributed by atoms with Gasteiger partial charge < -0.3 is 10.4 Å². The Kier molecular flexibility index (Phi) is 3.39. The van der Waals surface area contributed by atoms with E-state index in [1.807, 2.05) is 0 Å². The summed E-state index contributed by atoms with van der Waals surface area (Å²) in [6, 6.07) is 2.15. The summed E-state index contributed by atoms with van der Waals surface area (Å²) in [5.41, 5.74) is 0.373. The summed E-state index contributed by atoms with van der Waals surface area (Å²) in [5.74, 6) is -1.97. The molecule has 0 saturated carbocycles. The summed E-state index contributed by atoms with van der Waals surface area (Å²) < 4.78 is 26.2. The molecule has 0 spiro atoms. The van der Waals surface area contributed by atoms with Gasteiger partial charge in [-0.15, -0.1) is 0 Å². The van der Waals surface area contributed by atoms with Gasteiger partial charge in [-0.2, -0.15) is 0 Å². The number of rotatable bonds is 2. The third-order valence-corrected chi connectivity index (χ3v) is 2.99. The first kappa shape index (κ1) is 11.3. The van der Waals surface area contributed by atoms with E-state index in [4.69, 9.17) is 0 Å². The molecule has 1 aliphatic rings. The van der Waals surface area contributed by atoms with Gasteiger partial charge in [0.2, 0.25) is 0 Å². The smallest absolute Gasteiger partial charge is 0.167 e. The van der Waals surface area contributed by atoms with Gasteiger partial charge in [0.1, 0.15) is 5.82 Å². The summed E-state index contributed by atoms with van der Waals surface area (Å²) in [6.07, 6.45) is 3.78. The van der Waals surface area contributed by atoms with E-state index >= 15 is 0 Å². The highest BCUT2D eigenvalue weighted by Crippen LogP contribution is 2.22. The number of piperidine rings is 1. The summed E-state index contributed by atoms with van der Waals surface area (Å²) in [6.45, 7) is 0.944. The predicted octanol–water partition coefficient (Wildman–Crippen LogP) is 2.36. The molecule has 1 unspecified atom stereocenters. The lowest BCUT2D eigenvalue weighted by Gasteiger charge is -2.23. The Morgan fingerprint density at radius 3 is 2.75 bits per heavy atom. The summed E-state index contributed by atoms with van der Waals surface area (Å²) >= 11 is 0. The van der Waals surface area contributed by atoms with Crippen molar-refractivity contribution in [3.63, 3.8) is 0 Å². The van der Waals surface area contributed by atoms with E-state index in [0.29, 0.717) is 12.0 Å². The Hall–Kier alpha value is -1.16. The van der Waals surface area contributed by atoms with Crippen molar-refractivity contribution in [2.75, 3.05) is 6.54 Å². The van der Waals surface area contributed by atoms with Crippen LogP contribution in [-0.4, -0.2) is 17.7 Å². The average molecular weight is 227 g/mol. The number of phenols is 1. The zero-order chi connectivity index (χ0) is 11.5. The Morgan fingerprint density at radius 1 is 1.25 bits per heavy atom. The molecule has 1 heterocycles. The SMILES string of the molecule is Oc1cc(CC2CCCCN2)c(F)cc1F. The molecule has 1 aromatic carbocycles. The van der Waals surface area contributed by atoms with Crippen LogP contribution >= 0.6 is 0 Å². The number of aromatic hydroxyl groups is 1. The lowest BCUT2D eigenvalue weighted by molar-refractivity contribution is 0.390. The number of phenolic OH excluding ortho intramolecular Hbond substituents is 1. The average Bonchev–Trinajstić information content (AvgIpc) is 2.27. The number of nitrogens with one attached hydrogen (secondary N) is 1. The summed E-state index contributed by atoms with van der Waals surface area (Å²) in [5, 5.41) is 12.5. The highest BCUT2D eigenvalue weighted by Gasteiger charge is 2.16. The molecule has 0 aromatic heterocycles. The van der Waals surface area contributed by atoms with Crippen LogP contribution in [0.4, 0.5) is 8.78 Å². The van der Waals surface area contributed by atoms with Crippen molar-refractivity contribution in [2.24, 2.45) is 0 Å². The molecule has 1 atom stereocenters. The van der Waals surface area contributed by atoms with Gasteiger partial charge in [0, 0.05) is 12.1 Å². The molecule has 0 amide bonds. The van der Waals surface area contributed by atoms with E-state index in [9.17, 15) is 13.9 Å². The van der Waals surface area contributed by atoms with Gasteiger partial charge in [-0.1, -0.05) is 6.42 Å². The quantitative estimate of drug-likeness (QED) is 0.812. The largest absolute Gasteiger partial charge is 0.505 e. The van der Waals surface area contributed by atoms with E-state index < -0.39 is 17.4 Å². The molecule has 0 radical (unpaired) electrons. The Bertz CT molecular complexity index is 376. The van der Waals surface area contributed by atoms with Gasteiger partial charge in [0.25, 0.3) is 0 Å². The van der Waals surface area contributed by atoms with Crippen LogP contribution in [0.3, 0.4) is 0 Å². The van der Waals surface area contributed by atoms with Gasteiger partial charge in [-0.05, 0) is 37.4 Å². The summed E-state index contributed by atoms with van der Waals surface area (Å²) in [7, 11) is 0. The Morgan fingerprint density at radius 2 is 2.06 bits per heavy atom. The van der Waals surface area contributed by atoms with Crippen molar-refractivity contribution in [3.05, 3.63) is 29.3 Å². The fourth-order valence-corrected chi connectivity index (χ4v) is 2.10. The maximum atomic E-state index is 13.4. The lowest BCUT2D eigenvalue weighted by atomic mass is 9.97. The van der Waals surface area contributed by atoms with E-state index in [-0.39, 0.29) is 6.04 Å². The second kappa shape index (κ2) is 4.78. The zero-order valence-electron chi connectivity index (χ0n) is 8.97. The van der Waals surface area contributed by atoms with Crippen LogP contribution in [0.15, 0.2) is 12.1 Å². The van der Waals surface area contributed by atoms with Gasteiger partial charge >= 0.3 is 0 Å². The molecule has 0 aliphatic carbocycles. The fraction of sp³-hybridized carbons (Fsp3) is 0.500. The maximum Gasteiger partial charge on any atom is 0.167 e. The van der Waals surface area contributed by atoms with E-state index in [2.05, 4.69) is 5.32 Å². The molecule has 2 rings (SSSR count). The molecule has 16 heavy (non-hydrogen) atoms. The second-order valence-electron chi connectivity index (χ2n) is 4.25. The first-order valence-electron chi connectivity index (χ1n) is 5.57. The third kappa shape index (κ3) is 2.50. The van der Waals surface area contributed by atoms with Gasteiger partial charge in [0.15, 0.2) is 11.6 Å². The standard InChI is InChI=1S/C12H15F2NO/c13-10-7-11(14)12(16)6-8(10)5-9-3-1-2-4-15-9/h6-7,9,15-16H,1-5H2. The van der Waals surface area contributed by atoms with Gasteiger partial charge in [-0.25, -0.2) is 8.78 Å². The highest BCUT2D eigenvalue weighted by molar-refractivity contribution is 5.31. The molecule has 0 bridgehead atoms. The van der Waals surface area contributed by atoms with Crippen molar-refractivity contribution in [3.8, 4) is 5.75 Å². The van der Waals surface area contributed by atoms with Crippen LogP contribution in [0, 0.1) is 11.6 Å². The first-order chi connectivity index (χ1) is 7.66. The van der Waals surface area contributed by atoms with Gasteiger partial charge in [0.05, 0.1) is 0 Å². The van der Waals surface area contributed by atoms with Crippen molar-refractivity contribution in [2.45, 2.75) is 31.7 Å². The Balaban J connectivity index is 2.11. The molecule has 1 aromatic rings. The molecule has 88 valence electrons. The minimum atomic E-state index is -0.905. The number of hydrogen-bond donors (Lipinski definition) is 2. The summed E-state index contributed by atoms with van der Waals surface area (Å²) in [4.78, 5) is 0. The van der Waals surface area contributed by atoms with Crippen molar-refractivity contribution >= 4 is 0 Å². The van der Waals surface area contributed by atoms with Crippen molar-refractivity contribution in [1.82, 2.24) is 5.32 Å². The second-order valence-corrected chi connectivity index (χ2v) is 4.25. The maximum absolute atomic E-state index is 13.4. The van der Waals surface area contributed by atoms with E-state index in [1.165, 1.54) is 6.07 Å². The molecule has 1 fully saturated rings. The van der Waals surface area contributed by atoms with E-state index in [1.54, 1.807) is 0 Å². The van der Waals surface area contributed by atoms with Crippen LogP contribution in [0.25, 0.3) is 0 Å². The molecule has 2 N–H and O–H groups in total. The topological polar surface area (TPSA) is 32.3 Å². The van der Waals surface area contributed by atoms with Gasteiger partial charge in [-0.3, -0.25) is 0 Å². The predicted molar refractivity (Wildman–Crippen MR) is 57.4 cm³/mol. The zero-order valence-corrected chi connectivity index (χ0v) is 8.97. The van der Waals surface area contributed by atoms with Crippen molar-refractivity contribution < 1.29 is 13.9 Å². The van der Waals surface area contributed by atoms with Crippen LogP contribution < -0.4 is 5.32 Å². The molecule has 1 saturated heterocycles. The number of benzene rings is 1. The molecule has 1 aliphatic heterocycles. The monoisotopic (exact) mass is 227 g/mol. The van der Waals surface area contributed by atoms with Crippen LogP contribution in [-0.2, 0) is 6.42 Å². The lowest BCUT2D eigenvalue weighted by Crippen LogP contribution is -2.35. The minimum Gasteiger partial charge on any atom is -0.505 e. The number of halogens is 2. The molecule has 2 nitrogen and oxygen atoms in total. The van der Waals surface area contributed by atoms with Crippen molar-refractivity contribution in [1.29, 1.82) is 0 Å². The number of hydrogen-bond acceptors (Lipinski definition) is 2. The van der Waals surface area contributed by atoms with Crippen LogP contribution in [0.1, 0.15) is 24.8 Å². The fourth-order valence-electron chi connectivity index (χ4n) is 2.10. The highest BCUT2D eigenvalue weighted by atomic mass is 19.1. The molecular formula is C12H15F2NO. The van der Waals surface area contributed by atoms with E-state index in [0.717, 1.165) is 31.9 Å². The Labute approximate surface area is 93.3 Å². The van der Waals surface area contributed by atoms with Crippen LogP contribution in [0.5, 0.6) is 5.75 Å². The molecular weight excluding hydrogens is 212 g/mol. The molecule has 4 heteroatoms. The first-order valence-corrected chi connectivity index (χ1v) is 5.57.